The number of urea groups is 1. The Hall–Kier alpha value is -2.20. The predicted octanol–water partition coefficient (Wildman–Crippen LogP) is -0.124. The van der Waals surface area contributed by atoms with Crippen LogP contribution in [0.3, 0.4) is 0 Å². The second kappa shape index (κ2) is 4.90. The number of nitrogens with zero attached hydrogens (tertiary/aromatic N) is 4. The summed E-state index contributed by atoms with van der Waals surface area (Å²) >= 11 is 0. The van der Waals surface area contributed by atoms with E-state index in [2.05, 4.69) is 10.2 Å². The molecule has 10 heteroatoms. The molecule has 1 aromatic rings. The van der Waals surface area contributed by atoms with E-state index < -0.39 is 12.6 Å². The molecule has 3 N–H and O–H groups in total. The normalized spacial score (nSPS) is 27.8. The van der Waals surface area contributed by atoms with Crippen LogP contribution >= 0.6 is 0 Å². The van der Waals surface area contributed by atoms with Gasteiger partial charge in [0, 0.05) is 6.54 Å². The van der Waals surface area contributed by atoms with Crippen LogP contribution in [-0.4, -0.2) is 56.5 Å². The molecule has 1 saturated carbocycles. The number of hydrogen-bond donors (Lipinski definition) is 2. The number of fused-ring (bicyclic) bond motifs is 3. The van der Waals surface area contributed by atoms with E-state index in [0.29, 0.717) is 24.7 Å². The summed E-state index contributed by atoms with van der Waals surface area (Å²) in [5.41, 5.74) is 5.44. The van der Waals surface area contributed by atoms with E-state index in [-0.39, 0.29) is 30.1 Å². The largest absolute Gasteiger partial charge is 0.479 e. The topological polar surface area (TPSA) is 135 Å². The van der Waals surface area contributed by atoms with Gasteiger partial charge in [-0.2, -0.15) is 5.06 Å². The Labute approximate surface area is 131 Å². The summed E-state index contributed by atoms with van der Waals surface area (Å²) in [6.45, 7) is 0.0907. The van der Waals surface area contributed by atoms with Crippen molar-refractivity contribution in [1.29, 1.82) is 0 Å². The Morgan fingerprint density at radius 2 is 2.26 bits per heavy atom. The van der Waals surface area contributed by atoms with Gasteiger partial charge in [-0.1, -0.05) is 0 Å². The van der Waals surface area contributed by atoms with E-state index in [1.165, 1.54) is 5.06 Å². The summed E-state index contributed by atoms with van der Waals surface area (Å²) in [6.07, 6.45) is 2.66. The van der Waals surface area contributed by atoms with Crippen LogP contribution in [0, 0.1) is 5.41 Å². The van der Waals surface area contributed by atoms with Crippen LogP contribution in [-0.2, 0) is 16.2 Å². The Kier molecular flexibility index (Phi) is 3.07. The molecule has 23 heavy (non-hydrogen) atoms. The first kappa shape index (κ1) is 14.4. The number of amides is 2. The molecule has 2 aliphatic heterocycles. The average molecular weight is 323 g/mol. The van der Waals surface area contributed by atoms with Gasteiger partial charge in [0.2, 0.25) is 11.8 Å². The highest BCUT2D eigenvalue weighted by atomic mass is 16.7. The number of aliphatic carboxylic acids is 1. The Morgan fingerprint density at radius 1 is 1.48 bits per heavy atom. The zero-order chi connectivity index (χ0) is 16.2. The summed E-state index contributed by atoms with van der Waals surface area (Å²) in [6, 6.07) is -0.785. The number of carbonyl (C=O) groups is 2. The molecule has 1 aliphatic carbocycles. The molecule has 0 aromatic carbocycles. The first-order chi connectivity index (χ1) is 11.0. The van der Waals surface area contributed by atoms with Gasteiger partial charge in [-0.25, -0.2) is 9.59 Å². The van der Waals surface area contributed by atoms with E-state index >= 15 is 0 Å². The highest BCUT2D eigenvalue weighted by molar-refractivity contribution is 5.78. The van der Waals surface area contributed by atoms with Gasteiger partial charge in [0.15, 0.2) is 6.61 Å². The molecule has 0 radical (unpaired) electrons. The maximum absolute atomic E-state index is 12.6. The maximum atomic E-state index is 12.6. The number of piperidine rings is 1. The Bertz CT molecular complexity index is 657. The molecule has 2 bridgehead atoms. The van der Waals surface area contributed by atoms with Crippen LogP contribution in [0.4, 0.5) is 4.79 Å². The lowest BCUT2D eigenvalue weighted by molar-refractivity contribution is -0.172. The monoisotopic (exact) mass is 323 g/mol. The number of hydrogen-bond acceptors (Lipinski definition) is 7. The molecular formula is C13H17N5O5. The van der Waals surface area contributed by atoms with Crippen LogP contribution in [0.5, 0.6) is 0 Å². The Balaban J connectivity index is 1.61. The number of carbonyl (C=O) groups excluding carboxylic acids is 1. The molecule has 10 nitrogen and oxygen atoms in total. The van der Waals surface area contributed by atoms with Gasteiger partial charge >= 0.3 is 12.0 Å². The third-order valence-corrected chi connectivity index (χ3v) is 4.93. The fourth-order valence-electron chi connectivity index (χ4n) is 3.60. The van der Waals surface area contributed by atoms with Gasteiger partial charge < -0.3 is 20.2 Å². The van der Waals surface area contributed by atoms with Crippen molar-refractivity contribution in [2.75, 3.05) is 13.2 Å². The van der Waals surface area contributed by atoms with E-state index in [1.807, 2.05) is 0 Å². The van der Waals surface area contributed by atoms with Crippen LogP contribution in [0.2, 0.25) is 0 Å². The average Bonchev–Trinajstić information content (AvgIpc) is 3.03. The predicted molar refractivity (Wildman–Crippen MR) is 72.5 cm³/mol. The van der Waals surface area contributed by atoms with Gasteiger partial charge in [-0.3, -0.25) is 4.84 Å². The van der Waals surface area contributed by atoms with Gasteiger partial charge in [-0.05, 0) is 24.7 Å². The minimum Gasteiger partial charge on any atom is -0.479 e. The van der Waals surface area contributed by atoms with Crippen molar-refractivity contribution in [1.82, 2.24) is 20.2 Å². The van der Waals surface area contributed by atoms with Gasteiger partial charge in [0.25, 0.3) is 0 Å². The highest BCUT2D eigenvalue weighted by Crippen LogP contribution is 2.61. The minimum absolute atomic E-state index is 0.0524. The standard InChI is InChI=1S/C13H17N5O5/c14-4-9-15-16-11(23-9)7-3-13(1-2-13)8-5-17(7)12(21)18(8)22-6-10(19)20/h7-8H,1-6,14H2,(H,19,20)/t7-,8-/m0/s1. The van der Waals surface area contributed by atoms with Crippen LogP contribution in [0.15, 0.2) is 4.42 Å². The van der Waals surface area contributed by atoms with E-state index in [1.54, 1.807) is 4.90 Å². The Morgan fingerprint density at radius 3 is 2.87 bits per heavy atom. The molecule has 0 unspecified atom stereocenters. The minimum atomic E-state index is -1.11. The number of carboxylic acid groups (broad SMARTS) is 1. The third-order valence-electron chi connectivity index (χ3n) is 4.93. The van der Waals surface area contributed by atoms with Crippen LogP contribution < -0.4 is 5.73 Å². The molecular weight excluding hydrogens is 306 g/mol. The quantitative estimate of drug-likeness (QED) is 0.765. The lowest BCUT2D eigenvalue weighted by Gasteiger charge is -2.34. The molecule has 3 fully saturated rings. The fraction of sp³-hybridized carbons (Fsp3) is 0.692. The van der Waals surface area contributed by atoms with E-state index in [4.69, 9.17) is 20.1 Å². The molecule has 4 rings (SSSR count). The van der Waals surface area contributed by atoms with Gasteiger partial charge in [0.05, 0.1) is 12.6 Å². The summed E-state index contributed by atoms with van der Waals surface area (Å²) in [5.74, 6) is -0.402. The molecule has 3 aliphatic rings. The van der Waals surface area contributed by atoms with Crippen molar-refractivity contribution in [2.45, 2.75) is 37.9 Å². The molecule has 2 saturated heterocycles. The zero-order valence-electron chi connectivity index (χ0n) is 12.3. The SMILES string of the molecule is NCc1nnc([C@@H]2CC3(CC3)[C@@H]3CN2C(=O)N3OCC(=O)O)o1. The lowest BCUT2D eigenvalue weighted by atomic mass is 9.85. The second-order valence-corrected chi connectivity index (χ2v) is 6.26. The van der Waals surface area contributed by atoms with Crippen LogP contribution in [0.25, 0.3) is 0 Å². The molecule has 124 valence electrons. The smallest absolute Gasteiger partial charge is 0.345 e. The summed E-state index contributed by atoms with van der Waals surface area (Å²) < 4.78 is 5.53. The van der Waals surface area contributed by atoms with Crippen molar-refractivity contribution in [3.05, 3.63) is 11.8 Å². The number of aromatic nitrogens is 2. The number of carboxylic acids is 1. The van der Waals surface area contributed by atoms with Crippen molar-refractivity contribution in [2.24, 2.45) is 11.1 Å². The van der Waals surface area contributed by atoms with E-state index in [9.17, 15) is 9.59 Å². The number of rotatable bonds is 5. The first-order valence-corrected chi connectivity index (χ1v) is 7.51. The van der Waals surface area contributed by atoms with Crippen molar-refractivity contribution < 1.29 is 24.0 Å². The molecule has 1 aromatic heterocycles. The highest BCUT2D eigenvalue weighted by Gasteiger charge is 2.64. The van der Waals surface area contributed by atoms with Gasteiger partial charge in [0.1, 0.15) is 6.04 Å². The lowest BCUT2D eigenvalue weighted by Crippen LogP contribution is -2.42. The van der Waals surface area contributed by atoms with Crippen molar-refractivity contribution >= 4 is 12.0 Å². The summed E-state index contributed by atoms with van der Waals surface area (Å²) in [7, 11) is 0. The van der Waals surface area contributed by atoms with E-state index in [0.717, 1.165) is 12.8 Å². The van der Waals surface area contributed by atoms with Crippen molar-refractivity contribution in [3.63, 3.8) is 0 Å². The summed E-state index contributed by atoms with van der Waals surface area (Å²) in [4.78, 5) is 30.2. The third kappa shape index (κ3) is 2.17. The molecule has 2 amide bonds. The maximum Gasteiger partial charge on any atom is 0.345 e. The molecule has 1 spiro atoms. The molecule has 3 heterocycles. The second-order valence-electron chi connectivity index (χ2n) is 6.26. The summed E-state index contributed by atoms with van der Waals surface area (Å²) in [5, 5.41) is 17.9. The van der Waals surface area contributed by atoms with Gasteiger partial charge in [-0.15, -0.1) is 10.2 Å². The molecule has 2 atom stereocenters. The zero-order valence-corrected chi connectivity index (χ0v) is 12.3. The fourth-order valence-corrected chi connectivity index (χ4v) is 3.60. The number of hydroxylamine groups is 2. The van der Waals surface area contributed by atoms with Crippen molar-refractivity contribution in [3.8, 4) is 0 Å². The first-order valence-electron chi connectivity index (χ1n) is 7.51. The number of nitrogens with two attached hydrogens (primary N) is 1. The van der Waals surface area contributed by atoms with Crippen LogP contribution in [0.1, 0.15) is 37.1 Å².